The highest BCUT2D eigenvalue weighted by atomic mass is 16.5. The third-order valence-corrected chi connectivity index (χ3v) is 5.70. The molecule has 1 aliphatic rings. The summed E-state index contributed by atoms with van der Waals surface area (Å²) in [5.74, 6) is -1.76. The lowest BCUT2D eigenvalue weighted by atomic mass is 9.98. The number of nitrogens with zero attached hydrogens (tertiary/aromatic N) is 1. The van der Waals surface area contributed by atoms with Crippen LogP contribution in [0.15, 0.2) is 61.1 Å². The number of imidazole rings is 1. The first kappa shape index (κ1) is 24.0. The number of amides is 2. The molecular formula is C25H26N4O6. The molecule has 35 heavy (non-hydrogen) atoms. The van der Waals surface area contributed by atoms with Gasteiger partial charge < -0.3 is 30.2 Å². The molecule has 1 atom stereocenters. The van der Waals surface area contributed by atoms with E-state index in [1.54, 1.807) is 0 Å². The predicted molar refractivity (Wildman–Crippen MR) is 126 cm³/mol. The molecule has 0 saturated carbocycles. The van der Waals surface area contributed by atoms with Gasteiger partial charge in [-0.25, -0.2) is 14.6 Å². The molecule has 1 heterocycles. The van der Waals surface area contributed by atoms with E-state index in [-0.39, 0.29) is 38.7 Å². The fourth-order valence-electron chi connectivity index (χ4n) is 4.09. The molecule has 0 radical (unpaired) electrons. The summed E-state index contributed by atoms with van der Waals surface area (Å²) in [5, 5.41) is 14.3. The van der Waals surface area contributed by atoms with Crippen LogP contribution in [-0.2, 0) is 25.5 Å². The van der Waals surface area contributed by atoms with E-state index in [1.807, 2.05) is 36.4 Å². The molecule has 2 aromatic carbocycles. The van der Waals surface area contributed by atoms with Gasteiger partial charge in [-0.2, -0.15) is 0 Å². The smallest absolute Gasteiger partial charge is 0.407 e. The van der Waals surface area contributed by atoms with E-state index in [0.717, 1.165) is 22.3 Å². The van der Waals surface area contributed by atoms with Crippen LogP contribution in [0.25, 0.3) is 11.1 Å². The number of aromatic amines is 1. The number of ether oxygens (including phenoxy) is 2. The van der Waals surface area contributed by atoms with Gasteiger partial charge in [-0.3, -0.25) is 4.79 Å². The zero-order valence-corrected chi connectivity index (χ0v) is 18.9. The van der Waals surface area contributed by atoms with Crippen molar-refractivity contribution in [3.05, 3.63) is 77.9 Å². The second-order valence-electron chi connectivity index (χ2n) is 8.04. The minimum absolute atomic E-state index is 0.0305. The SMILES string of the molecule is O=C(COCCNC(=O)OCC1c2ccccc2-c2ccccc21)N[C@@H](Cc1cnc[nH]1)C(=O)O. The average Bonchev–Trinajstić information content (AvgIpc) is 3.48. The van der Waals surface area contributed by atoms with Crippen molar-refractivity contribution in [3.8, 4) is 11.1 Å². The van der Waals surface area contributed by atoms with Gasteiger partial charge in [0.1, 0.15) is 19.3 Å². The Kier molecular flexibility index (Phi) is 7.74. The lowest BCUT2D eigenvalue weighted by Crippen LogP contribution is -2.44. The minimum Gasteiger partial charge on any atom is -0.480 e. The number of hydrogen-bond donors (Lipinski definition) is 4. The van der Waals surface area contributed by atoms with Crippen molar-refractivity contribution in [2.45, 2.75) is 18.4 Å². The van der Waals surface area contributed by atoms with Crippen molar-refractivity contribution in [2.24, 2.45) is 0 Å². The summed E-state index contributed by atoms with van der Waals surface area (Å²) in [5.41, 5.74) is 5.15. The number of alkyl carbamates (subject to hydrolysis) is 1. The quantitative estimate of drug-likeness (QED) is 0.309. The molecule has 0 unspecified atom stereocenters. The Balaban J connectivity index is 1.15. The molecule has 182 valence electrons. The number of carbonyl (C=O) groups excluding carboxylic acids is 2. The number of aromatic nitrogens is 2. The maximum atomic E-state index is 12.2. The topological polar surface area (TPSA) is 143 Å². The van der Waals surface area contributed by atoms with E-state index in [9.17, 15) is 19.5 Å². The van der Waals surface area contributed by atoms with Crippen LogP contribution < -0.4 is 10.6 Å². The van der Waals surface area contributed by atoms with E-state index in [4.69, 9.17) is 9.47 Å². The van der Waals surface area contributed by atoms with Gasteiger partial charge in [0.2, 0.25) is 5.91 Å². The number of carboxylic acid groups (broad SMARTS) is 1. The Morgan fingerprint density at radius 1 is 1.06 bits per heavy atom. The number of hydrogen-bond acceptors (Lipinski definition) is 6. The summed E-state index contributed by atoms with van der Waals surface area (Å²) in [6.07, 6.45) is 2.42. The largest absolute Gasteiger partial charge is 0.480 e. The summed E-state index contributed by atoms with van der Waals surface area (Å²) in [4.78, 5) is 42.1. The number of H-pyrrole nitrogens is 1. The molecule has 1 aliphatic carbocycles. The van der Waals surface area contributed by atoms with Crippen LogP contribution >= 0.6 is 0 Å². The number of fused-ring (bicyclic) bond motifs is 3. The molecule has 0 saturated heterocycles. The molecule has 0 bridgehead atoms. The summed E-state index contributed by atoms with van der Waals surface area (Å²) >= 11 is 0. The highest BCUT2D eigenvalue weighted by Crippen LogP contribution is 2.44. The highest BCUT2D eigenvalue weighted by Gasteiger charge is 2.29. The standard InChI is InChI=1S/C25H26N4O6/c30-23(29-22(24(31)32)11-16-12-26-15-28-16)14-34-10-9-27-25(33)35-13-21-19-7-3-1-5-17(19)18-6-2-4-8-20(18)21/h1-8,12,15,21-22H,9-11,13-14H2,(H,26,28)(H,27,33)(H,29,30)(H,31,32)/t22-/m0/s1. The average molecular weight is 479 g/mol. The van der Waals surface area contributed by atoms with Crippen molar-refractivity contribution in [1.29, 1.82) is 0 Å². The first-order valence-electron chi connectivity index (χ1n) is 11.2. The maximum Gasteiger partial charge on any atom is 0.407 e. The lowest BCUT2D eigenvalue weighted by molar-refractivity contribution is -0.142. The van der Waals surface area contributed by atoms with E-state index < -0.39 is 24.0 Å². The molecule has 4 rings (SSSR count). The molecule has 0 fully saturated rings. The lowest BCUT2D eigenvalue weighted by Gasteiger charge is -2.15. The van der Waals surface area contributed by atoms with E-state index in [1.165, 1.54) is 12.5 Å². The van der Waals surface area contributed by atoms with Crippen LogP contribution in [0, 0.1) is 0 Å². The van der Waals surface area contributed by atoms with Crippen LogP contribution in [0.2, 0.25) is 0 Å². The van der Waals surface area contributed by atoms with Gasteiger partial charge in [0, 0.05) is 30.8 Å². The van der Waals surface area contributed by atoms with Gasteiger partial charge in [-0.15, -0.1) is 0 Å². The molecule has 1 aromatic heterocycles. The van der Waals surface area contributed by atoms with E-state index >= 15 is 0 Å². The Morgan fingerprint density at radius 3 is 2.37 bits per heavy atom. The van der Waals surface area contributed by atoms with Crippen molar-refractivity contribution < 1.29 is 29.0 Å². The van der Waals surface area contributed by atoms with Crippen LogP contribution in [-0.4, -0.2) is 65.5 Å². The van der Waals surface area contributed by atoms with Gasteiger partial charge >= 0.3 is 12.1 Å². The number of aliphatic carboxylic acids is 1. The fourth-order valence-corrected chi connectivity index (χ4v) is 4.09. The van der Waals surface area contributed by atoms with Crippen LogP contribution in [0.1, 0.15) is 22.7 Å². The predicted octanol–water partition coefficient (Wildman–Crippen LogP) is 2.08. The van der Waals surface area contributed by atoms with Crippen LogP contribution in [0.5, 0.6) is 0 Å². The summed E-state index contributed by atoms with van der Waals surface area (Å²) < 4.78 is 10.7. The number of carbonyl (C=O) groups is 3. The second-order valence-corrected chi connectivity index (χ2v) is 8.04. The number of carboxylic acids is 1. The third kappa shape index (κ3) is 6.04. The molecule has 0 spiro atoms. The van der Waals surface area contributed by atoms with Gasteiger partial charge in [0.15, 0.2) is 0 Å². The van der Waals surface area contributed by atoms with Crippen molar-refractivity contribution in [1.82, 2.24) is 20.6 Å². The van der Waals surface area contributed by atoms with Gasteiger partial charge in [0.25, 0.3) is 0 Å². The molecule has 3 aromatic rings. The summed E-state index contributed by atoms with van der Waals surface area (Å²) in [6, 6.07) is 15.1. The van der Waals surface area contributed by atoms with Crippen LogP contribution in [0.4, 0.5) is 4.79 Å². The van der Waals surface area contributed by atoms with Gasteiger partial charge in [-0.1, -0.05) is 48.5 Å². The van der Waals surface area contributed by atoms with Gasteiger partial charge in [0.05, 0.1) is 12.9 Å². The van der Waals surface area contributed by atoms with E-state index in [0.29, 0.717) is 5.69 Å². The molecule has 2 amide bonds. The summed E-state index contributed by atoms with van der Waals surface area (Å²) in [6.45, 7) is 0.0749. The van der Waals surface area contributed by atoms with Gasteiger partial charge in [-0.05, 0) is 22.3 Å². The molecule has 4 N–H and O–H groups in total. The number of nitrogens with one attached hydrogen (secondary N) is 3. The van der Waals surface area contributed by atoms with E-state index in [2.05, 4.69) is 32.7 Å². The Morgan fingerprint density at radius 2 is 1.74 bits per heavy atom. The van der Waals surface area contributed by atoms with Crippen molar-refractivity contribution >= 4 is 18.0 Å². The zero-order chi connectivity index (χ0) is 24.6. The summed E-state index contributed by atoms with van der Waals surface area (Å²) in [7, 11) is 0. The molecule has 10 nitrogen and oxygen atoms in total. The highest BCUT2D eigenvalue weighted by molar-refractivity contribution is 5.84. The third-order valence-electron chi connectivity index (χ3n) is 5.70. The molecule has 10 heteroatoms. The minimum atomic E-state index is -1.16. The van der Waals surface area contributed by atoms with Crippen LogP contribution in [0.3, 0.4) is 0 Å². The molecular weight excluding hydrogens is 452 g/mol. The number of benzene rings is 2. The fraction of sp³-hybridized carbons (Fsp3) is 0.280. The Bertz CT molecular complexity index is 1130. The first-order chi connectivity index (χ1) is 17.0. The normalized spacial score (nSPS) is 12.9. The Hall–Kier alpha value is -4.18. The first-order valence-corrected chi connectivity index (χ1v) is 11.2. The van der Waals surface area contributed by atoms with Crippen molar-refractivity contribution in [3.63, 3.8) is 0 Å². The number of rotatable bonds is 11. The second kappa shape index (κ2) is 11.3. The zero-order valence-electron chi connectivity index (χ0n) is 18.9. The monoisotopic (exact) mass is 478 g/mol. The maximum absolute atomic E-state index is 12.2. The molecule has 0 aliphatic heterocycles. The van der Waals surface area contributed by atoms with Crippen molar-refractivity contribution in [2.75, 3.05) is 26.4 Å². The Labute approximate surface area is 201 Å².